The van der Waals surface area contributed by atoms with Crippen LogP contribution in [0.4, 0.5) is 10.5 Å². The second kappa shape index (κ2) is 12.8. The Labute approximate surface area is 223 Å². The summed E-state index contributed by atoms with van der Waals surface area (Å²) >= 11 is 0. The zero-order valence-corrected chi connectivity index (χ0v) is 22.4. The van der Waals surface area contributed by atoms with Crippen LogP contribution < -0.4 is 20.1 Å². The molecule has 3 aromatic carbocycles. The van der Waals surface area contributed by atoms with Crippen LogP contribution >= 0.6 is 0 Å². The Balaban J connectivity index is 1.52. The molecule has 38 heavy (non-hydrogen) atoms. The van der Waals surface area contributed by atoms with Gasteiger partial charge in [0, 0.05) is 17.8 Å². The van der Waals surface area contributed by atoms with Gasteiger partial charge in [0.1, 0.15) is 11.5 Å². The second-order valence-electron chi connectivity index (χ2n) is 9.78. The van der Waals surface area contributed by atoms with E-state index in [4.69, 9.17) is 14.2 Å². The molecular weight excluding hydrogens is 484 g/mol. The third kappa shape index (κ3) is 8.37. The molecule has 8 heteroatoms. The van der Waals surface area contributed by atoms with E-state index in [9.17, 15) is 14.4 Å². The number of carbonyl (C=O) groups is 3. The number of benzene rings is 3. The predicted molar refractivity (Wildman–Crippen MR) is 146 cm³/mol. The standard InChI is InChI=1S/C30H34N2O6/c1-6-36-29(35)38-24-13-11-22(12-14-24)28(34)32-23-9-7-8-21(17-23)18-31-27(33)19-37-26-15-10-20(2)16-25(26)30(3,4)5/h7-17H,6,18-19H2,1-5H3,(H,31,33)(H,32,34). The Morgan fingerprint density at radius 1 is 0.921 bits per heavy atom. The summed E-state index contributed by atoms with van der Waals surface area (Å²) in [6.07, 6.45) is -0.801. The molecule has 0 saturated carbocycles. The minimum atomic E-state index is -0.801. The molecule has 0 aliphatic carbocycles. The summed E-state index contributed by atoms with van der Waals surface area (Å²) in [5.74, 6) is 0.405. The van der Waals surface area contributed by atoms with Crippen LogP contribution in [0.2, 0.25) is 0 Å². The van der Waals surface area contributed by atoms with Crippen molar-refractivity contribution < 1.29 is 28.6 Å². The molecule has 3 rings (SSSR count). The molecule has 0 spiro atoms. The lowest BCUT2D eigenvalue weighted by molar-refractivity contribution is -0.123. The third-order valence-corrected chi connectivity index (χ3v) is 5.56. The highest BCUT2D eigenvalue weighted by atomic mass is 16.7. The number of aryl methyl sites for hydroxylation is 1. The van der Waals surface area contributed by atoms with Crippen molar-refractivity contribution in [1.29, 1.82) is 0 Å². The summed E-state index contributed by atoms with van der Waals surface area (Å²) < 4.78 is 15.6. The van der Waals surface area contributed by atoms with Crippen molar-refractivity contribution in [3.63, 3.8) is 0 Å². The zero-order chi connectivity index (χ0) is 27.7. The minimum Gasteiger partial charge on any atom is -0.483 e. The number of hydrogen-bond acceptors (Lipinski definition) is 6. The van der Waals surface area contributed by atoms with Crippen LogP contribution in [-0.4, -0.2) is 31.2 Å². The molecule has 0 aromatic heterocycles. The first-order chi connectivity index (χ1) is 18.0. The summed E-state index contributed by atoms with van der Waals surface area (Å²) in [7, 11) is 0. The molecule has 200 valence electrons. The van der Waals surface area contributed by atoms with Gasteiger partial charge in [-0.15, -0.1) is 0 Å². The van der Waals surface area contributed by atoms with Gasteiger partial charge >= 0.3 is 6.16 Å². The maximum Gasteiger partial charge on any atom is 0.513 e. The molecular formula is C30H34N2O6. The minimum absolute atomic E-state index is 0.0988. The third-order valence-electron chi connectivity index (χ3n) is 5.56. The quantitative estimate of drug-likeness (QED) is 0.275. The predicted octanol–water partition coefficient (Wildman–Crippen LogP) is 5.78. The highest BCUT2D eigenvalue weighted by Gasteiger charge is 2.19. The van der Waals surface area contributed by atoms with Crippen molar-refractivity contribution >= 4 is 23.7 Å². The van der Waals surface area contributed by atoms with E-state index in [0.29, 0.717) is 17.0 Å². The monoisotopic (exact) mass is 518 g/mol. The van der Waals surface area contributed by atoms with Gasteiger partial charge in [0.05, 0.1) is 6.61 Å². The van der Waals surface area contributed by atoms with Gasteiger partial charge in [0.15, 0.2) is 6.61 Å². The highest BCUT2D eigenvalue weighted by Crippen LogP contribution is 2.32. The maximum atomic E-state index is 12.6. The Morgan fingerprint density at radius 3 is 2.34 bits per heavy atom. The van der Waals surface area contributed by atoms with Crippen LogP contribution in [0.3, 0.4) is 0 Å². The fraction of sp³-hybridized carbons (Fsp3) is 0.300. The van der Waals surface area contributed by atoms with E-state index in [2.05, 4.69) is 37.5 Å². The van der Waals surface area contributed by atoms with Crippen molar-refractivity contribution in [2.24, 2.45) is 0 Å². The molecule has 0 aliphatic rings. The van der Waals surface area contributed by atoms with Gasteiger partial charge in [0.25, 0.3) is 11.8 Å². The van der Waals surface area contributed by atoms with E-state index < -0.39 is 6.16 Å². The van der Waals surface area contributed by atoms with E-state index in [0.717, 1.165) is 16.7 Å². The second-order valence-corrected chi connectivity index (χ2v) is 9.78. The molecule has 0 radical (unpaired) electrons. The first kappa shape index (κ1) is 28.2. The zero-order valence-electron chi connectivity index (χ0n) is 22.4. The van der Waals surface area contributed by atoms with Gasteiger partial charge < -0.3 is 24.8 Å². The summed E-state index contributed by atoms with van der Waals surface area (Å²) in [6, 6.07) is 19.3. The number of amides is 2. The fourth-order valence-electron chi connectivity index (χ4n) is 3.63. The molecule has 2 N–H and O–H groups in total. The van der Waals surface area contributed by atoms with Crippen LogP contribution in [-0.2, 0) is 21.5 Å². The van der Waals surface area contributed by atoms with Gasteiger partial charge in [-0.3, -0.25) is 9.59 Å². The lowest BCUT2D eigenvalue weighted by atomic mass is 9.85. The Morgan fingerprint density at radius 2 is 1.66 bits per heavy atom. The molecule has 0 heterocycles. The van der Waals surface area contributed by atoms with E-state index >= 15 is 0 Å². The average Bonchev–Trinajstić information content (AvgIpc) is 2.87. The largest absolute Gasteiger partial charge is 0.513 e. The number of nitrogens with one attached hydrogen (secondary N) is 2. The molecule has 3 aromatic rings. The van der Waals surface area contributed by atoms with Crippen molar-refractivity contribution in [1.82, 2.24) is 5.32 Å². The van der Waals surface area contributed by atoms with Crippen LogP contribution in [0.1, 0.15) is 54.7 Å². The topological polar surface area (TPSA) is 103 Å². The van der Waals surface area contributed by atoms with Crippen molar-refractivity contribution in [3.8, 4) is 11.5 Å². The summed E-state index contributed by atoms with van der Waals surface area (Å²) in [4.78, 5) is 36.5. The lowest BCUT2D eigenvalue weighted by Crippen LogP contribution is -2.29. The molecule has 0 saturated heterocycles. The normalized spacial score (nSPS) is 10.9. The van der Waals surface area contributed by atoms with Crippen LogP contribution in [0.15, 0.2) is 66.7 Å². The smallest absolute Gasteiger partial charge is 0.483 e. The van der Waals surface area contributed by atoms with Crippen LogP contribution in [0.25, 0.3) is 0 Å². The number of ether oxygens (including phenoxy) is 3. The Kier molecular flexibility index (Phi) is 9.49. The lowest BCUT2D eigenvalue weighted by Gasteiger charge is -2.23. The first-order valence-corrected chi connectivity index (χ1v) is 12.4. The van der Waals surface area contributed by atoms with Crippen LogP contribution in [0, 0.1) is 6.92 Å². The van der Waals surface area contributed by atoms with Crippen molar-refractivity contribution in [2.75, 3.05) is 18.5 Å². The maximum absolute atomic E-state index is 12.6. The molecule has 0 aliphatic heterocycles. The summed E-state index contributed by atoms with van der Waals surface area (Å²) in [6.45, 7) is 10.4. The SMILES string of the molecule is CCOC(=O)Oc1ccc(C(=O)Nc2cccc(CNC(=O)COc3ccc(C)cc3C(C)(C)C)c2)cc1. The number of anilines is 1. The molecule has 0 fully saturated rings. The van der Waals surface area contributed by atoms with E-state index in [1.807, 2.05) is 25.1 Å². The summed E-state index contributed by atoms with van der Waals surface area (Å²) in [5.41, 5.74) is 3.87. The van der Waals surface area contributed by atoms with Crippen molar-refractivity contribution in [3.05, 3.63) is 89.0 Å². The first-order valence-electron chi connectivity index (χ1n) is 12.4. The van der Waals surface area contributed by atoms with Gasteiger partial charge in [-0.25, -0.2) is 4.79 Å². The van der Waals surface area contributed by atoms with Gasteiger partial charge in [-0.05, 0) is 72.9 Å². The average molecular weight is 519 g/mol. The fourth-order valence-corrected chi connectivity index (χ4v) is 3.63. The highest BCUT2D eigenvalue weighted by molar-refractivity contribution is 6.04. The molecule has 8 nitrogen and oxygen atoms in total. The molecule has 0 atom stereocenters. The molecule has 0 bridgehead atoms. The summed E-state index contributed by atoms with van der Waals surface area (Å²) in [5, 5.41) is 5.68. The van der Waals surface area contributed by atoms with E-state index in [1.165, 1.54) is 12.1 Å². The van der Waals surface area contributed by atoms with Gasteiger partial charge in [-0.2, -0.15) is 0 Å². The number of rotatable bonds is 9. The van der Waals surface area contributed by atoms with Gasteiger partial charge in [0.2, 0.25) is 0 Å². The Hall–Kier alpha value is -4.33. The van der Waals surface area contributed by atoms with Crippen LogP contribution in [0.5, 0.6) is 11.5 Å². The number of carbonyl (C=O) groups excluding carboxylic acids is 3. The Bertz CT molecular complexity index is 1280. The van der Waals surface area contributed by atoms with Gasteiger partial charge in [-0.1, -0.05) is 50.6 Å². The van der Waals surface area contributed by atoms with E-state index in [1.54, 1.807) is 37.3 Å². The number of hydrogen-bond donors (Lipinski definition) is 2. The van der Waals surface area contributed by atoms with E-state index in [-0.39, 0.29) is 42.7 Å². The molecule has 2 amide bonds. The molecule has 0 unspecified atom stereocenters. The van der Waals surface area contributed by atoms with Crippen molar-refractivity contribution in [2.45, 2.75) is 46.6 Å².